The SMILES string of the molecule is O=C(NC1(c2cccc(Br)c2)CCOCC1)c1[nH]c2ccccc2c1Br. The fourth-order valence-corrected chi connectivity index (χ4v) is 4.56. The summed E-state index contributed by atoms with van der Waals surface area (Å²) >= 11 is 7.12. The molecule has 4 rings (SSSR count). The van der Waals surface area contributed by atoms with E-state index in [0.29, 0.717) is 18.9 Å². The highest BCUT2D eigenvalue weighted by molar-refractivity contribution is 9.11. The Hall–Kier alpha value is -1.63. The first kappa shape index (κ1) is 17.8. The van der Waals surface area contributed by atoms with Gasteiger partial charge in [0.15, 0.2) is 0 Å². The summed E-state index contributed by atoms with van der Waals surface area (Å²) < 4.78 is 7.35. The number of aromatic nitrogens is 1. The van der Waals surface area contributed by atoms with Crippen molar-refractivity contribution in [2.45, 2.75) is 18.4 Å². The Balaban J connectivity index is 1.71. The molecule has 2 heterocycles. The lowest BCUT2D eigenvalue weighted by molar-refractivity contribution is 0.0344. The molecule has 1 aliphatic heterocycles. The normalized spacial score (nSPS) is 16.5. The van der Waals surface area contributed by atoms with E-state index in [1.54, 1.807) is 0 Å². The number of hydrogen-bond donors (Lipinski definition) is 2. The topological polar surface area (TPSA) is 54.1 Å². The van der Waals surface area contributed by atoms with E-state index in [-0.39, 0.29) is 5.91 Å². The average Bonchev–Trinajstić information content (AvgIpc) is 3.00. The van der Waals surface area contributed by atoms with E-state index in [2.05, 4.69) is 54.3 Å². The second-order valence-corrected chi connectivity index (χ2v) is 8.23. The number of nitrogens with one attached hydrogen (secondary N) is 2. The molecule has 2 N–H and O–H groups in total. The summed E-state index contributed by atoms with van der Waals surface area (Å²) in [6.07, 6.45) is 1.49. The highest BCUT2D eigenvalue weighted by Crippen LogP contribution is 2.35. The van der Waals surface area contributed by atoms with Crippen molar-refractivity contribution >= 4 is 48.7 Å². The van der Waals surface area contributed by atoms with E-state index in [1.807, 2.05) is 36.4 Å². The highest BCUT2D eigenvalue weighted by Gasteiger charge is 2.37. The molecule has 0 atom stereocenters. The molecule has 0 saturated carbocycles. The summed E-state index contributed by atoms with van der Waals surface area (Å²) in [7, 11) is 0. The monoisotopic (exact) mass is 476 g/mol. The Morgan fingerprint density at radius 1 is 1.08 bits per heavy atom. The van der Waals surface area contributed by atoms with Gasteiger partial charge >= 0.3 is 0 Å². The Labute approximate surface area is 168 Å². The van der Waals surface area contributed by atoms with E-state index in [9.17, 15) is 4.79 Å². The number of benzene rings is 2. The van der Waals surface area contributed by atoms with E-state index < -0.39 is 5.54 Å². The highest BCUT2D eigenvalue weighted by atomic mass is 79.9. The summed E-state index contributed by atoms with van der Waals surface area (Å²) in [5.74, 6) is -0.116. The number of fused-ring (bicyclic) bond motifs is 1. The van der Waals surface area contributed by atoms with Crippen LogP contribution in [-0.4, -0.2) is 24.1 Å². The lowest BCUT2D eigenvalue weighted by Crippen LogP contribution is -2.49. The molecule has 6 heteroatoms. The predicted molar refractivity (Wildman–Crippen MR) is 109 cm³/mol. The van der Waals surface area contributed by atoms with Gasteiger partial charge in [0.25, 0.3) is 5.91 Å². The largest absolute Gasteiger partial charge is 0.381 e. The van der Waals surface area contributed by atoms with Crippen LogP contribution in [0.1, 0.15) is 28.9 Å². The number of aromatic amines is 1. The first-order valence-corrected chi connectivity index (χ1v) is 10.1. The number of para-hydroxylation sites is 1. The van der Waals surface area contributed by atoms with E-state index in [4.69, 9.17) is 4.74 Å². The maximum absolute atomic E-state index is 13.1. The second kappa shape index (κ2) is 7.18. The van der Waals surface area contributed by atoms with Crippen LogP contribution in [0.4, 0.5) is 0 Å². The van der Waals surface area contributed by atoms with Crippen molar-refractivity contribution in [3.8, 4) is 0 Å². The number of H-pyrrole nitrogens is 1. The van der Waals surface area contributed by atoms with E-state index >= 15 is 0 Å². The van der Waals surface area contributed by atoms with Gasteiger partial charge in [-0.15, -0.1) is 0 Å². The van der Waals surface area contributed by atoms with Gasteiger partial charge in [-0.1, -0.05) is 46.3 Å². The molecule has 2 aromatic carbocycles. The smallest absolute Gasteiger partial charge is 0.269 e. The van der Waals surface area contributed by atoms with Gasteiger partial charge in [0.1, 0.15) is 5.69 Å². The molecular weight excluding hydrogens is 460 g/mol. The minimum atomic E-state index is -0.435. The summed E-state index contributed by atoms with van der Waals surface area (Å²) in [4.78, 5) is 16.4. The molecule has 1 fully saturated rings. The molecule has 0 radical (unpaired) electrons. The number of halogens is 2. The molecule has 1 aliphatic rings. The van der Waals surface area contributed by atoms with Gasteiger partial charge in [-0.2, -0.15) is 0 Å². The Morgan fingerprint density at radius 3 is 2.58 bits per heavy atom. The van der Waals surface area contributed by atoms with Crippen molar-refractivity contribution in [3.05, 3.63) is 68.7 Å². The zero-order valence-electron chi connectivity index (χ0n) is 14.0. The van der Waals surface area contributed by atoms with Crippen LogP contribution in [0.5, 0.6) is 0 Å². The molecule has 0 spiro atoms. The Morgan fingerprint density at radius 2 is 1.85 bits per heavy atom. The number of carbonyl (C=O) groups is 1. The number of amides is 1. The second-order valence-electron chi connectivity index (χ2n) is 6.52. The van der Waals surface area contributed by atoms with Crippen molar-refractivity contribution < 1.29 is 9.53 Å². The maximum Gasteiger partial charge on any atom is 0.269 e. The minimum Gasteiger partial charge on any atom is -0.381 e. The molecule has 1 saturated heterocycles. The van der Waals surface area contributed by atoms with Crippen LogP contribution in [0.2, 0.25) is 0 Å². The Kier molecular flexibility index (Phi) is 4.90. The first-order chi connectivity index (χ1) is 12.6. The van der Waals surface area contributed by atoms with Gasteiger partial charge in [-0.05, 0) is 52.5 Å². The van der Waals surface area contributed by atoms with E-state index in [0.717, 1.165) is 38.3 Å². The fraction of sp³-hybridized carbons (Fsp3) is 0.250. The third-order valence-electron chi connectivity index (χ3n) is 4.95. The third-order valence-corrected chi connectivity index (χ3v) is 6.26. The maximum atomic E-state index is 13.1. The number of rotatable bonds is 3. The molecule has 0 unspecified atom stereocenters. The molecular formula is C20H18Br2N2O2. The van der Waals surface area contributed by atoms with Crippen LogP contribution in [-0.2, 0) is 10.3 Å². The van der Waals surface area contributed by atoms with Crippen LogP contribution in [0.25, 0.3) is 10.9 Å². The van der Waals surface area contributed by atoms with Crippen molar-refractivity contribution in [2.24, 2.45) is 0 Å². The molecule has 26 heavy (non-hydrogen) atoms. The third kappa shape index (κ3) is 3.21. The van der Waals surface area contributed by atoms with E-state index in [1.165, 1.54) is 0 Å². The van der Waals surface area contributed by atoms with Crippen LogP contribution < -0.4 is 5.32 Å². The lowest BCUT2D eigenvalue weighted by Gasteiger charge is -2.38. The van der Waals surface area contributed by atoms with Gasteiger partial charge in [-0.25, -0.2) is 0 Å². The zero-order chi connectivity index (χ0) is 18.1. The molecule has 0 bridgehead atoms. The van der Waals surface area contributed by atoms with Gasteiger partial charge in [-0.3, -0.25) is 4.79 Å². The van der Waals surface area contributed by atoms with Gasteiger partial charge in [0.05, 0.1) is 10.0 Å². The molecule has 1 amide bonds. The average molecular weight is 478 g/mol. The van der Waals surface area contributed by atoms with Crippen LogP contribution >= 0.6 is 31.9 Å². The summed E-state index contributed by atoms with van der Waals surface area (Å²) in [6.45, 7) is 1.25. The summed E-state index contributed by atoms with van der Waals surface area (Å²) in [6, 6.07) is 16.0. The summed E-state index contributed by atoms with van der Waals surface area (Å²) in [5, 5.41) is 4.29. The summed E-state index contributed by atoms with van der Waals surface area (Å²) in [5.41, 5.74) is 2.14. The molecule has 3 aromatic rings. The molecule has 4 nitrogen and oxygen atoms in total. The van der Waals surface area contributed by atoms with Gasteiger partial charge < -0.3 is 15.0 Å². The molecule has 134 valence electrons. The van der Waals surface area contributed by atoms with Crippen molar-refractivity contribution in [1.29, 1.82) is 0 Å². The van der Waals surface area contributed by atoms with Crippen LogP contribution in [0.3, 0.4) is 0 Å². The zero-order valence-corrected chi connectivity index (χ0v) is 17.2. The standard InChI is InChI=1S/C20H18Br2N2O2/c21-14-5-3-4-13(12-14)20(8-10-26-11-9-20)24-19(25)18-17(22)15-6-1-2-7-16(15)23-18/h1-7,12,23H,8-11H2,(H,24,25). The quantitative estimate of drug-likeness (QED) is 0.549. The van der Waals surface area contributed by atoms with Gasteiger partial charge in [0, 0.05) is 28.6 Å². The molecule has 1 aromatic heterocycles. The van der Waals surface area contributed by atoms with Crippen LogP contribution in [0.15, 0.2) is 57.5 Å². The van der Waals surface area contributed by atoms with Gasteiger partial charge in [0.2, 0.25) is 0 Å². The molecule has 0 aliphatic carbocycles. The van der Waals surface area contributed by atoms with Crippen molar-refractivity contribution in [2.75, 3.05) is 13.2 Å². The number of ether oxygens (including phenoxy) is 1. The lowest BCUT2D eigenvalue weighted by atomic mass is 9.82. The van der Waals surface area contributed by atoms with Crippen molar-refractivity contribution in [1.82, 2.24) is 10.3 Å². The Bertz CT molecular complexity index is 961. The van der Waals surface area contributed by atoms with Crippen LogP contribution in [0, 0.1) is 0 Å². The van der Waals surface area contributed by atoms with Crippen molar-refractivity contribution in [3.63, 3.8) is 0 Å². The fourth-order valence-electron chi connectivity index (χ4n) is 3.54. The predicted octanol–water partition coefficient (Wildman–Crippen LogP) is 5.13. The first-order valence-electron chi connectivity index (χ1n) is 8.52. The number of carbonyl (C=O) groups excluding carboxylic acids is 1. The number of hydrogen-bond acceptors (Lipinski definition) is 2. The minimum absolute atomic E-state index is 0.116.